The first kappa shape index (κ1) is 18.7. The fourth-order valence-electron chi connectivity index (χ4n) is 3.24. The summed E-state index contributed by atoms with van der Waals surface area (Å²) in [5.74, 6) is -0.306. The number of amides is 1. The third kappa shape index (κ3) is 3.30. The lowest BCUT2D eigenvalue weighted by atomic mass is 10.2. The second kappa shape index (κ2) is 6.73. The highest BCUT2D eigenvalue weighted by Gasteiger charge is 2.46. The molecular weight excluding hydrogens is 393 g/mol. The Morgan fingerprint density at radius 1 is 1.32 bits per heavy atom. The summed E-state index contributed by atoms with van der Waals surface area (Å²) in [6.45, 7) is 4.01. The number of hydrogen-bond acceptors (Lipinski definition) is 6. The van der Waals surface area contributed by atoms with Gasteiger partial charge in [0.05, 0.1) is 11.9 Å². The van der Waals surface area contributed by atoms with E-state index < -0.39 is 18.1 Å². The smallest absolute Gasteiger partial charge is 0.343 e. The molecule has 3 aromatic heterocycles. The number of nitrogens with one attached hydrogen (secondary N) is 1. The molecule has 1 amide bonds. The van der Waals surface area contributed by atoms with Gasteiger partial charge in [-0.05, 0) is 38.8 Å². The molecule has 1 N–H and O–H groups in total. The van der Waals surface area contributed by atoms with Crippen molar-refractivity contribution >= 4 is 33.8 Å². The average molecular weight is 410 g/mol. The van der Waals surface area contributed by atoms with E-state index in [4.69, 9.17) is 0 Å². The van der Waals surface area contributed by atoms with Crippen molar-refractivity contribution in [1.29, 1.82) is 0 Å². The van der Waals surface area contributed by atoms with Crippen LogP contribution in [0.15, 0.2) is 18.3 Å². The summed E-state index contributed by atoms with van der Waals surface area (Å²) in [7, 11) is 0. The van der Waals surface area contributed by atoms with Crippen LogP contribution in [0.1, 0.15) is 33.9 Å². The molecule has 4 heterocycles. The van der Waals surface area contributed by atoms with Gasteiger partial charge in [-0.3, -0.25) is 10.1 Å². The number of carbonyl (C=O) groups is 1. The first-order chi connectivity index (χ1) is 13.2. The number of nitrogens with zero attached hydrogens (tertiary/aromatic N) is 5. The summed E-state index contributed by atoms with van der Waals surface area (Å²) in [4.78, 5) is 23.2. The molecule has 7 nitrogen and oxygen atoms in total. The van der Waals surface area contributed by atoms with Crippen LogP contribution in [0.2, 0.25) is 0 Å². The van der Waals surface area contributed by atoms with E-state index in [-0.39, 0.29) is 24.5 Å². The highest BCUT2D eigenvalue weighted by atomic mass is 32.1. The zero-order chi connectivity index (χ0) is 20.1. The van der Waals surface area contributed by atoms with Gasteiger partial charge in [0.1, 0.15) is 11.9 Å². The number of halogens is 3. The quantitative estimate of drug-likeness (QED) is 0.714. The van der Waals surface area contributed by atoms with E-state index in [1.165, 1.54) is 33.0 Å². The number of rotatable bonds is 3. The Morgan fingerprint density at radius 2 is 2.11 bits per heavy atom. The number of fused-ring (bicyclic) bond motifs is 1. The molecule has 4 rings (SSSR count). The number of carbonyl (C=O) groups excluding carboxylic acids is 1. The fourth-order valence-corrected chi connectivity index (χ4v) is 4.05. The van der Waals surface area contributed by atoms with Gasteiger partial charge >= 0.3 is 6.18 Å². The monoisotopic (exact) mass is 410 g/mol. The standard InChI is InChI=1S/C17H17F3N6OS/c1-9-10(2)28-16(22-9)23-15(27)11-8-21-13-5-6-14(24-26(11)13)25-7-3-4-12(25)17(18,19)20/h5-6,8,12H,3-4,7H2,1-2H3,(H,22,23,27). The van der Waals surface area contributed by atoms with Gasteiger partial charge in [-0.2, -0.15) is 13.2 Å². The van der Waals surface area contributed by atoms with Crippen molar-refractivity contribution in [3.05, 3.63) is 34.6 Å². The number of aromatic nitrogens is 4. The van der Waals surface area contributed by atoms with E-state index in [1.807, 2.05) is 13.8 Å². The van der Waals surface area contributed by atoms with Crippen LogP contribution < -0.4 is 10.2 Å². The van der Waals surface area contributed by atoms with Gasteiger partial charge in [-0.15, -0.1) is 16.4 Å². The second-order valence-corrected chi connectivity index (χ2v) is 7.82. The molecule has 1 fully saturated rings. The molecule has 1 atom stereocenters. The van der Waals surface area contributed by atoms with E-state index >= 15 is 0 Å². The van der Waals surface area contributed by atoms with E-state index in [1.54, 1.807) is 6.07 Å². The largest absolute Gasteiger partial charge is 0.408 e. The predicted octanol–water partition coefficient (Wildman–Crippen LogP) is 3.59. The van der Waals surface area contributed by atoms with Gasteiger partial charge in [-0.25, -0.2) is 14.5 Å². The molecule has 0 bridgehead atoms. The zero-order valence-corrected chi connectivity index (χ0v) is 15.9. The Hall–Kier alpha value is -2.69. The maximum absolute atomic E-state index is 13.3. The summed E-state index contributed by atoms with van der Waals surface area (Å²) in [6.07, 6.45) is -2.52. The van der Waals surface area contributed by atoms with Crippen LogP contribution in [0.25, 0.3) is 5.65 Å². The molecular formula is C17H17F3N6OS. The van der Waals surface area contributed by atoms with Gasteiger partial charge in [0, 0.05) is 11.4 Å². The molecule has 1 unspecified atom stereocenters. The molecule has 1 saturated heterocycles. The van der Waals surface area contributed by atoms with Crippen molar-refractivity contribution < 1.29 is 18.0 Å². The summed E-state index contributed by atoms with van der Waals surface area (Å²) in [5.41, 5.74) is 1.33. The molecule has 0 spiro atoms. The maximum atomic E-state index is 13.3. The Bertz CT molecular complexity index is 1020. The molecule has 0 aromatic carbocycles. The fraction of sp³-hybridized carbons (Fsp3) is 0.412. The molecule has 0 radical (unpaired) electrons. The molecule has 0 aliphatic carbocycles. The van der Waals surface area contributed by atoms with E-state index in [9.17, 15) is 18.0 Å². The first-order valence-electron chi connectivity index (χ1n) is 8.67. The lowest BCUT2D eigenvalue weighted by Gasteiger charge is -2.27. The summed E-state index contributed by atoms with van der Waals surface area (Å²) in [5, 5.41) is 7.41. The van der Waals surface area contributed by atoms with Crippen LogP contribution in [0.5, 0.6) is 0 Å². The Balaban J connectivity index is 1.65. The van der Waals surface area contributed by atoms with Crippen molar-refractivity contribution in [2.24, 2.45) is 0 Å². The van der Waals surface area contributed by atoms with Crippen molar-refractivity contribution in [3.63, 3.8) is 0 Å². The molecule has 1 aliphatic heterocycles. The normalized spacial score (nSPS) is 17.5. The number of anilines is 2. The summed E-state index contributed by atoms with van der Waals surface area (Å²) in [6, 6.07) is 1.49. The van der Waals surface area contributed by atoms with Crippen LogP contribution in [0.3, 0.4) is 0 Å². The molecule has 148 valence electrons. The van der Waals surface area contributed by atoms with Crippen molar-refractivity contribution in [2.75, 3.05) is 16.8 Å². The number of hydrogen-bond donors (Lipinski definition) is 1. The minimum atomic E-state index is -4.33. The Kier molecular flexibility index (Phi) is 4.48. The Morgan fingerprint density at radius 3 is 2.79 bits per heavy atom. The van der Waals surface area contributed by atoms with E-state index in [0.717, 1.165) is 10.6 Å². The SMILES string of the molecule is Cc1nc(NC(=O)c2cnc3ccc(N4CCCC4C(F)(F)F)nn23)sc1C. The van der Waals surface area contributed by atoms with Gasteiger partial charge in [-0.1, -0.05) is 0 Å². The van der Waals surface area contributed by atoms with Gasteiger partial charge in [0.15, 0.2) is 16.5 Å². The van der Waals surface area contributed by atoms with Crippen molar-refractivity contribution in [3.8, 4) is 0 Å². The lowest BCUT2D eigenvalue weighted by Crippen LogP contribution is -2.41. The molecule has 1 aliphatic rings. The molecule has 11 heteroatoms. The Labute approximate surface area is 162 Å². The third-order valence-corrected chi connectivity index (χ3v) is 5.74. The van der Waals surface area contributed by atoms with Crippen LogP contribution in [-0.2, 0) is 0 Å². The molecule has 3 aromatic rings. The minimum Gasteiger partial charge on any atom is -0.343 e. The molecule has 28 heavy (non-hydrogen) atoms. The van der Waals surface area contributed by atoms with E-state index in [0.29, 0.717) is 17.2 Å². The van der Waals surface area contributed by atoms with Gasteiger partial charge in [0.25, 0.3) is 5.91 Å². The number of thiazole rings is 1. The number of alkyl halides is 3. The first-order valence-corrected chi connectivity index (χ1v) is 9.49. The predicted molar refractivity (Wildman–Crippen MR) is 99.0 cm³/mol. The molecule has 0 saturated carbocycles. The van der Waals surface area contributed by atoms with Crippen LogP contribution in [0.4, 0.5) is 24.1 Å². The van der Waals surface area contributed by atoms with E-state index in [2.05, 4.69) is 20.4 Å². The van der Waals surface area contributed by atoms with Crippen molar-refractivity contribution in [1.82, 2.24) is 19.6 Å². The number of aryl methyl sites for hydroxylation is 2. The van der Waals surface area contributed by atoms with Crippen LogP contribution in [0, 0.1) is 13.8 Å². The highest BCUT2D eigenvalue weighted by molar-refractivity contribution is 7.15. The highest BCUT2D eigenvalue weighted by Crippen LogP contribution is 2.35. The average Bonchev–Trinajstić information content (AvgIpc) is 3.33. The summed E-state index contributed by atoms with van der Waals surface area (Å²) < 4.78 is 41.1. The second-order valence-electron chi connectivity index (χ2n) is 6.61. The van der Waals surface area contributed by atoms with Gasteiger partial charge < -0.3 is 4.90 Å². The third-order valence-electron chi connectivity index (χ3n) is 4.75. The number of imidazole rings is 1. The van der Waals surface area contributed by atoms with Gasteiger partial charge in [0.2, 0.25) is 0 Å². The van der Waals surface area contributed by atoms with Crippen LogP contribution in [-0.4, -0.2) is 44.3 Å². The topological polar surface area (TPSA) is 75.4 Å². The lowest BCUT2D eigenvalue weighted by molar-refractivity contribution is -0.146. The summed E-state index contributed by atoms with van der Waals surface area (Å²) >= 11 is 1.35. The van der Waals surface area contributed by atoms with Crippen molar-refractivity contribution in [2.45, 2.75) is 38.9 Å². The zero-order valence-electron chi connectivity index (χ0n) is 15.1. The van der Waals surface area contributed by atoms with Crippen LogP contribution >= 0.6 is 11.3 Å². The minimum absolute atomic E-state index is 0.0310. The maximum Gasteiger partial charge on any atom is 0.408 e.